The lowest BCUT2D eigenvalue weighted by molar-refractivity contribution is 0.176. The predicted octanol–water partition coefficient (Wildman–Crippen LogP) is 2.32. The molecule has 0 atom stereocenters. The van der Waals surface area contributed by atoms with Gasteiger partial charge in [-0.1, -0.05) is 29.8 Å². The van der Waals surface area contributed by atoms with Crippen LogP contribution in [0.3, 0.4) is 0 Å². The maximum atomic E-state index is 12.1. The highest BCUT2D eigenvalue weighted by molar-refractivity contribution is 5.74. The van der Waals surface area contributed by atoms with Gasteiger partial charge in [0.05, 0.1) is 6.61 Å². The molecule has 0 radical (unpaired) electrons. The molecule has 19 heavy (non-hydrogen) atoms. The minimum atomic E-state index is 0.0149. The van der Waals surface area contributed by atoms with Gasteiger partial charge in [-0.15, -0.1) is 0 Å². The van der Waals surface area contributed by atoms with Gasteiger partial charge in [0.2, 0.25) is 0 Å². The molecule has 0 bridgehead atoms. The fraction of sp³-hybridized carbons (Fsp3) is 0.533. The Balaban J connectivity index is 1.94. The highest BCUT2D eigenvalue weighted by Gasteiger charge is 2.32. The number of nitrogens with zero attached hydrogens (tertiary/aromatic N) is 1. The Kier molecular flexibility index (Phi) is 4.80. The molecule has 0 saturated heterocycles. The molecular formula is C15H22N2O2. The van der Waals surface area contributed by atoms with E-state index in [1.165, 1.54) is 11.1 Å². The van der Waals surface area contributed by atoms with Gasteiger partial charge in [0.25, 0.3) is 0 Å². The molecule has 2 rings (SSSR count). The summed E-state index contributed by atoms with van der Waals surface area (Å²) in [5.41, 5.74) is 2.42. The van der Waals surface area contributed by atoms with Gasteiger partial charge in [-0.25, -0.2) is 4.79 Å². The van der Waals surface area contributed by atoms with E-state index in [4.69, 9.17) is 4.74 Å². The van der Waals surface area contributed by atoms with Crippen molar-refractivity contribution in [3.63, 3.8) is 0 Å². The normalized spacial score (nSPS) is 14.2. The van der Waals surface area contributed by atoms with Gasteiger partial charge in [0.15, 0.2) is 0 Å². The van der Waals surface area contributed by atoms with E-state index in [9.17, 15) is 4.79 Å². The molecule has 0 spiro atoms. The second-order valence-corrected chi connectivity index (χ2v) is 5.07. The van der Waals surface area contributed by atoms with Crippen molar-refractivity contribution in [2.45, 2.75) is 32.4 Å². The Bertz CT molecular complexity index is 430. The van der Waals surface area contributed by atoms with Crippen LogP contribution < -0.4 is 5.32 Å². The summed E-state index contributed by atoms with van der Waals surface area (Å²) in [5.74, 6) is 0. The quantitative estimate of drug-likeness (QED) is 0.799. The first kappa shape index (κ1) is 13.9. The van der Waals surface area contributed by atoms with E-state index < -0.39 is 0 Å². The third-order valence-corrected chi connectivity index (χ3v) is 3.27. The molecule has 4 nitrogen and oxygen atoms in total. The number of rotatable bonds is 6. The van der Waals surface area contributed by atoms with Crippen LogP contribution in [0.15, 0.2) is 24.3 Å². The maximum absolute atomic E-state index is 12.1. The Morgan fingerprint density at radius 1 is 1.47 bits per heavy atom. The number of nitrogens with one attached hydrogen (secondary N) is 1. The predicted molar refractivity (Wildman–Crippen MR) is 75.0 cm³/mol. The van der Waals surface area contributed by atoms with Crippen LogP contribution in [0.25, 0.3) is 0 Å². The minimum absolute atomic E-state index is 0.0149. The van der Waals surface area contributed by atoms with Crippen molar-refractivity contribution < 1.29 is 9.53 Å². The van der Waals surface area contributed by atoms with Gasteiger partial charge in [-0.2, -0.15) is 0 Å². The first-order valence-corrected chi connectivity index (χ1v) is 6.79. The van der Waals surface area contributed by atoms with Gasteiger partial charge < -0.3 is 15.0 Å². The van der Waals surface area contributed by atoms with E-state index in [2.05, 4.69) is 30.4 Å². The number of methoxy groups -OCH3 is 1. The molecule has 0 unspecified atom stereocenters. The Labute approximate surface area is 114 Å². The number of hydrogen-bond donors (Lipinski definition) is 1. The average molecular weight is 262 g/mol. The van der Waals surface area contributed by atoms with Crippen molar-refractivity contribution >= 4 is 6.03 Å². The number of carbonyl (C=O) groups excluding carboxylic acids is 1. The first-order valence-electron chi connectivity index (χ1n) is 6.79. The first-order chi connectivity index (χ1) is 9.20. The van der Waals surface area contributed by atoms with Crippen LogP contribution >= 0.6 is 0 Å². The zero-order valence-electron chi connectivity index (χ0n) is 11.7. The summed E-state index contributed by atoms with van der Waals surface area (Å²) in [6, 6.07) is 8.74. The standard InChI is InChI=1S/C15H22N2O2/c1-12-4-3-5-13(10-12)11-17(14-6-7-14)15(18)16-8-9-19-2/h3-5,10,14H,6-9,11H2,1-2H3,(H,16,18). The third-order valence-electron chi connectivity index (χ3n) is 3.27. The van der Waals surface area contributed by atoms with Crippen molar-refractivity contribution in [1.82, 2.24) is 10.2 Å². The van der Waals surface area contributed by atoms with Crippen LogP contribution in [0, 0.1) is 6.92 Å². The third kappa shape index (κ3) is 4.24. The van der Waals surface area contributed by atoms with Gasteiger partial charge in [-0.05, 0) is 25.3 Å². The van der Waals surface area contributed by atoms with Crippen LogP contribution in [-0.4, -0.2) is 37.2 Å². The number of hydrogen-bond acceptors (Lipinski definition) is 2. The fourth-order valence-corrected chi connectivity index (χ4v) is 2.12. The van der Waals surface area contributed by atoms with Gasteiger partial charge in [0, 0.05) is 26.2 Å². The molecule has 1 aromatic rings. The second-order valence-electron chi connectivity index (χ2n) is 5.07. The molecule has 4 heteroatoms. The maximum Gasteiger partial charge on any atom is 0.318 e. The molecule has 1 saturated carbocycles. The summed E-state index contributed by atoms with van der Waals surface area (Å²) in [5, 5.41) is 2.90. The average Bonchev–Trinajstić information content (AvgIpc) is 3.20. The van der Waals surface area contributed by atoms with Crippen LogP contribution in [0.5, 0.6) is 0 Å². The molecular weight excluding hydrogens is 240 g/mol. The number of aryl methyl sites for hydroxylation is 1. The summed E-state index contributed by atoms with van der Waals surface area (Å²) < 4.78 is 4.95. The largest absolute Gasteiger partial charge is 0.383 e. The summed E-state index contributed by atoms with van der Waals surface area (Å²) in [4.78, 5) is 14.1. The number of ether oxygens (including phenoxy) is 1. The molecule has 1 aliphatic rings. The summed E-state index contributed by atoms with van der Waals surface area (Å²) >= 11 is 0. The molecule has 1 aromatic carbocycles. The number of carbonyl (C=O) groups is 1. The summed E-state index contributed by atoms with van der Waals surface area (Å²) in [6.45, 7) is 3.87. The van der Waals surface area contributed by atoms with E-state index in [0.717, 1.165) is 12.8 Å². The minimum Gasteiger partial charge on any atom is -0.383 e. The summed E-state index contributed by atoms with van der Waals surface area (Å²) in [7, 11) is 1.64. The van der Waals surface area contributed by atoms with E-state index in [1.807, 2.05) is 11.0 Å². The van der Waals surface area contributed by atoms with E-state index in [1.54, 1.807) is 7.11 Å². The van der Waals surface area contributed by atoms with Crippen LogP contribution in [0.1, 0.15) is 24.0 Å². The van der Waals surface area contributed by atoms with Gasteiger partial charge in [0.1, 0.15) is 0 Å². The van der Waals surface area contributed by atoms with Gasteiger partial charge in [-0.3, -0.25) is 0 Å². The van der Waals surface area contributed by atoms with Crippen LogP contribution in [-0.2, 0) is 11.3 Å². The molecule has 104 valence electrons. The zero-order chi connectivity index (χ0) is 13.7. The molecule has 0 aromatic heterocycles. The molecule has 1 fully saturated rings. The highest BCUT2D eigenvalue weighted by Crippen LogP contribution is 2.28. The smallest absolute Gasteiger partial charge is 0.318 e. The monoisotopic (exact) mass is 262 g/mol. The zero-order valence-corrected chi connectivity index (χ0v) is 11.7. The van der Waals surface area contributed by atoms with Crippen molar-refractivity contribution in [1.29, 1.82) is 0 Å². The number of benzene rings is 1. The van der Waals surface area contributed by atoms with Crippen molar-refractivity contribution in [2.24, 2.45) is 0 Å². The highest BCUT2D eigenvalue weighted by atomic mass is 16.5. The van der Waals surface area contributed by atoms with E-state index >= 15 is 0 Å². The Morgan fingerprint density at radius 3 is 2.89 bits per heavy atom. The van der Waals surface area contributed by atoms with Gasteiger partial charge >= 0.3 is 6.03 Å². The molecule has 0 heterocycles. The van der Waals surface area contributed by atoms with Crippen LogP contribution in [0.4, 0.5) is 4.79 Å². The molecule has 1 aliphatic carbocycles. The van der Waals surface area contributed by atoms with E-state index in [0.29, 0.717) is 25.7 Å². The lowest BCUT2D eigenvalue weighted by Crippen LogP contribution is -2.42. The fourth-order valence-electron chi connectivity index (χ4n) is 2.12. The SMILES string of the molecule is COCCNC(=O)N(Cc1cccc(C)c1)C1CC1. The van der Waals surface area contributed by atoms with Crippen molar-refractivity contribution in [2.75, 3.05) is 20.3 Å². The molecule has 2 amide bonds. The van der Waals surface area contributed by atoms with Crippen molar-refractivity contribution in [3.05, 3.63) is 35.4 Å². The molecule has 0 aliphatic heterocycles. The Morgan fingerprint density at radius 2 is 2.26 bits per heavy atom. The topological polar surface area (TPSA) is 41.6 Å². The Hall–Kier alpha value is -1.55. The van der Waals surface area contributed by atoms with E-state index in [-0.39, 0.29) is 6.03 Å². The number of amides is 2. The second kappa shape index (κ2) is 6.57. The lowest BCUT2D eigenvalue weighted by Gasteiger charge is -2.23. The molecule has 1 N–H and O–H groups in total. The van der Waals surface area contributed by atoms with Crippen LogP contribution in [0.2, 0.25) is 0 Å². The lowest BCUT2D eigenvalue weighted by atomic mass is 10.1. The number of urea groups is 1. The summed E-state index contributed by atoms with van der Waals surface area (Å²) in [6.07, 6.45) is 2.23. The van der Waals surface area contributed by atoms with Crippen molar-refractivity contribution in [3.8, 4) is 0 Å².